The van der Waals surface area contributed by atoms with Crippen LogP contribution in [0.15, 0.2) is 53.3 Å². The van der Waals surface area contributed by atoms with E-state index in [0.29, 0.717) is 0 Å². The van der Waals surface area contributed by atoms with Crippen molar-refractivity contribution < 1.29 is 4.42 Å². The molecule has 4 heterocycles. The number of furan rings is 1. The Balaban J connectivity index is 1.19. The quantitative estimate of drug-likeness (QED) is 0.782. The van der Waals surface area contributed by atoms with Gasteiger partial charge in [-0.25, -0.2) is 4.98 Å². The van der Waals surface area contributed by atoms with Gasteiger partial charge in [0.1, 0.15) is 18.1 Å². The van der Waals surface area contributed by atoms with E-state index in [0.717, 1.165) is 56.1 Å². The summed E-state index contributed by atoms with van der Waals surface area (Å²) in [4.78, 5) is 11.8. The Kier molecular flexibility index (Phi) is 3.90. The number of rotatable bonds is 4. The molecule has 0 bridgehead atoms. The number of nitrogens with zero attached hydrogens (tertiary/aromatic N) is 4. The molecule has 5 rings (SSSR count). The second kappa shape index (κ2) is 6.53. The molecule has 0 amide bonds. The molecule has 1 aromatic carbocycles. The van der Waals surface area contributed by atoms with Crippen molar-refractivity contribution in [3.63, 3.8) is 0 Å². The van der Waals surface area contributed by atoms with Crippen LogP contribution in [0.1, 0.15) is 0 Å². The third-order valence-corrected chi connectivity index (χ3v) is 5.28. The fraction of sp³-hybridized carbons (Fsp3) is 0.300. The van der Waals surface area contributed by atoms with Gasteiger partial charge in [-0.1, -0.05) is 12.1 Å². The van der Waals surface area contributed by atoms with Gasteiger partial charge in [0, 0.05) is 45.5 Å². The smallest absolute Gasteiger partial charge is 0.139 e. The summed E-state index contributed by atoms with van der Waals surface area (Å²) in [5, 5.41) is 4.44. The van der Waals surface area contributed by atoms with Crippen molar-refractivity contribution in [3.05, 3.63) is 55.5 Å². The first-order valence-electron chi connectivity index (χ1n) is 9.13. The lowest BCUT2D eigenvalue weighted by Crippen LogP contribution is -2.48. The molecule has 0 saturated carbocycles. The van der Waals surface area contributed by atoms with Crippen LogP contribution in [0.5, 0.6) is 0 Å². The maximum absolute atomic E-state index is 5.50. The van der Waals surface area contributed by atoms with E-state index in [9.17, 15) is 0 Å². The molecule has 6 heteroatoms. The predicted molar refractivity (Wildman–Crippen MR) is 104 cm³/mol. The molecule has 0 atom stereocenters. The first-order valence-corrected chi connectivity index (χ1v) is 9.13. The summed E-state index contributed by atoms with van der Waals surface area (Å²) in [5.41, 5.74) is 3.37. The lowest BCUT2D eigenvalue weighted by atomic mass is 10.2. The van der Waals surface area contributed by atoms with Crippen LogP contribution >= 0.6 is 0 Å². The summed E-state index contributed by atoms with van der Waals surface area (Å²) < 4.78 is 5.50. The molecule has 0 spiro atoms. The van der Waals surface area contributed by atoms with E-state index >= 15 is 0 Å². The third kappa shape index (κ3) is 2.76. The number of anilines is 3. The Morgan fingerprint density at radius 3 is 2.81 bits per heavy atom. The van der Waals surface area contributed by atoms with Crippen molar-refractivity contribution in [2.75, 3.05) is 54.4 Å². The van der Waals surface area contributed by atoms with Crippen molar-refractivity contribution in [1.82, 2.24) is 9.88 Å². The summed E-state index contributed by atoms with van der Waals surface area (Å²) in [7, 11) is 0. The zero-order valence-electron chi connectivity index (χ0n) is 14.6. The molecule has 3 aromatic rings. The van der Waals surface area contributed by atoms with Crippen molar-refractivity contribution in [1.29, 1.82) is 0 Å². The highest BCUT2D eigenvalue weighted by Gasteiger charge is 2.22. The van der Waals surface area contributed by atoms with Crippen LogP contribution in [-0.2, 0) is 0 Å². The topological polar surface area (TPSA) is 47.8 Å². The molecule has 2 aliphatic rings. The van der Waals surface area contributed by atoms with Gasteiger partial charge in [-0.3, -0.25) is 4.90 Å². The summed E-state index contributed by atoms with van der Waals surface area (Å²) in [6.07, 6.45) is 3.58. The summed E-state index contributed by atoms with van der Waals surface area (Å²) >= 11 is 0. The van der Waals surface area contributed by atoms with Crippen LogP contribution in [0.4, 0.5) is 17.2 Å². The Bertz CT molecular complexity index is 900. The number of hydrogen-bond acceptors (Lipinski definition) is 6. The van der Waals surface area contributed by atoms with Gasteiger partial charge in [0.2, 0.25) is 0 Å². The number of hydrogen-bond donors (Lipinski definition) is 1. The molecule has 26 heavy (non-hydrogen) atoms. The highest BCUT2D eigenvalue weighted by molar-refractivity contribution is 5.88. The highest BCUT2D eigenvalue weighted by atomic mass is 16.3. The van der Waals surface area contributed by atoms with E-state index < -0.39 is 0 Å². The van der Waals surface area contributed by atoms with Crippen molar-refractivity contribution in [2.45, 2.75) is 0 Å². The summed E-state index contributed by atoms with van der Waals surface area (Å²) in [6.45, 7) is 8.23. The van der Waals surface area contributed by atoms with E-state index in [-0.39, 0.29) is 0 Å². The zero-order chi connectivity index (χ0) is 17.3. The summed E-state index contributed by atoms with van der Waals surface area (Å²) in [5.74, 6) is 1.04. The highest BCUT2D eigenvalue weighted by Crippen LogP contribution is 2.32. The van der Waals surface area contributed by atoms with Crippen LogP contribution in [-0.4, -0.2) is 49.2 Å². The monoisotopic (exact) mass is 348 g/mol. The van der Waals surface area contributed by atoms with E-state index in [1.54, 1.807) is 6.26 Å². The van der Waals surface area contributed by atoms with Crippen LogP contribution in [0.2, 0.25) is 0 Å². The van der Waals surface area contributed by atoms with Gasteiger partial charge < -0.3 is 19.5 Å². The largest absolute Gasteiger partial charge is 0.464 e. The van der Waals surface area contributed by atoms with Crippen LogP contribution < -0.4 is 15.1 Å². The summed E-state index contributed by atoms with van der Waals surface area (Å²) in [6, 6.07) is 12.4. The molecular formula is C20H22N5O. The molecule has 1 fully saturated rings. The van der Waals surface area contributed by atoms with Crippen LogP contribution in [0.3, 0.4) is 0 Å². The van der Waals surface area contributed by atoms with Crippen molar-refractivity contribution >= 4 is 28.2 Å². The fourth-order valence-electron chi connectivity index (χ4n) is 3.81. The standard InChI is InChI=1S/C20H22N5O/c1-2-4-18-17(3-1)22-15-25(18)13-10-23-8-11-24(12-9-23)20-16-6-14-26-19(16)5-7-21-20/h1-7,14-15,22H,8-13H2. The number of pyridine rings is 1. The number of aromatic nitrogens is 1. The maximum atomic E-state index is 5.50. The minimum absolute atomic E-state index is 0.910. The Morgan fingerprint density at radius 1 is 1.00 bits per heavy atom. The molecule has 1 N–H and O–H groups in total. The van der Waals surface area contributed by atoms with E-state index in [1.165, 1.54) is 11.4 Å². The first-order chi connectivity index (χ1) is 12.9. The molecule has 133 valence electrons. The normalized spacial score (nSPS) is 17.5. The lowest BCUT2D eigenvalue weighted by Gasteiger charge is -2.36. The Labute approximate surface area is 153 Å². The maximum Gasteiger partial charge on any atom is 0.139 e. The number of piperazine rings is 1. The molecule has 2 aliphatic heterocycles. The minimum atomic E-state index is 0.910. The fourth-order valence-corrected chi connectivity index (χ4v) is 3.81. The van der Waals surface area contributed by atoms with Crippen molar-refractivity contribution in [3.8, 4) is 0 Å². The average Bonchev–Trinajstić information content (AvgIpc) is 3.33. The van der Waals surface area contributed by atoms with E-state index in [1.807, 2.05) is 18.3 Å². The minimum Gasteiger partial charge on any atom is -0.464 e. The van der Waals surface area contributed by atoms with Gasteiger partial charge in [0.25, 0.3) is 0 Å². The number of benzene rings is 1. The average molecular weight is 348 g/mol. The molecule has 0 aliphatic carbocycles. The van der Waals surface area contributed by atoms with Crippen molar-refractivity contribution in [2.24, 2.45) is 0 Å². The van der Waals surface area contributed by atoms with Crippen LogP contribution in [0, 0.1) is 6.67 Å². The number of fused-ring (bicyclic) bond motifs is 2. The van der Waals surface area contributed by atoms with E-state index in [2.05, 4.69) is 55.9 Å². The number of nitrogens with one attached hydrogen (secondary N) is 1. The lowest BCUT2D eigenvalue weighted by molar-refractivity contribution is 0.263. The Morgan fingerprint density at radius 2 is 1.88 bits per heavy atom. The molecule has 2 aromatic heterocycles. The van der Waals surface area contributed by atoms with Gasteiger partial charge in [-0.2, -0.15) is 0 Å². The third-order valence-electron chi connectivity index (χ3n) is 5.28. The second-order valence-electron chi connectivity index (χ2n) is 6.78. The molecule has 1 saturated heterocycles. The number of para-hydroxylation sites is 2. The molecule has 1 radical (unpaired) electrons. The zero-order valence-corrected chi connectivity index (χ0v) is 14.6. The second-order valence-corrected chi connectivity index (χ2v) is 6.78. The van der Waals surface area contributed by atoms with Gasteiger partial charge in [-0.05, 0) is 24.3 Å². The SMILES string of the molecule is [CH]1Nc2ccccc2N1CCN1CCN(c2nccc3occc23)CC1. The molecule has 0 unspecified atom stereocenters. The van der Waals surface area contributed by atoms with E-state index in [4.69, 9.17) is 4.42 Å². The van der Waals surface area contributed by atoms with Gasteiger partial charge in [0.15, 0.2) is 0 Å². The first kappa shape index (κ1) is 15.5. The van der Waals surface area contributed by atoms with Gasteiger partial charge in [0.05, 0.1) is 23.0 Å². The van der Waals surface area contributed by atoms with Gasteiger partial charge in [-0.15, -0.1) is 0 Å². The predicted octanol–water partition coefficient (Wildman–Crippen LogP) is 3.00. The molecular weight excluding hydrogens is 326 g/mol. The Hall–Kier alpha value is -2.73. The molecule has 6 nitrogen and oxygen atoms in total. The van der Waals surface area contributed by atoms with Gasteiger partial charge >= 0.3 is 0 Å². The van der Waals surface area contributed by atoms with Crippen LogP contribution in [0.25, 0.3) is 11.0 Å².